The van der Waals surface area contributed by atoms with Gasteiger partial charge in [0.05, 0.1) is 11.5 Å². The molecule has 1 saturated heterocycles. The highest BCUT2D eigenvalue weighted by Gasteiger charge is 2.28. The van der Waals surface area contributed by atoms with Crippen LogP contribution < -0.4 is 10.6 Å². The summed E-state index contributed by atoms with van der Waals surface area (Å²) in [4.78, 5) is 6.35. The monoisotopic (exact) mass is 269 g/mol. The van der Waals surface area contributed by atoms with Gasteiger partial charge in [-0.1, -0.05) is 0 Å². The van der Waals surface area contributed by atoms with Crippen LogP contribution in [0.4, 0.5) is 5.82 Å². The number of pyridine rings is 1. The van der Waals surface area contributed by atoms with Crippen LogP contribution in [0.2, 0.25) is 0 Å². The summed E-state index contributed by atoms with van der Waals surface area (Å²) in [5.41, 5.74) is 6.86. The van der Waals surface area contributed by atoms with Crippen LogP contribution in [0.25, 0.3) is 0 Å². The summed E-state index contributed by atoms with van der Waals surface area (Å²) < 4.78 is 23.1. The van der Waals surface area contributed by atoms with Gasteiger partial charge in [-0.2, -0.15) is 0 Å². The molecule has 1 aliphatic heterocycles. The summed E-state index contributed by atoms with van der Waals surface area (Å²) in [5.74, 6) is 1.20. The normalized spacial score (nSPS) is 24.8. The Labute approximate surface area is 108 Å². The van der Waals surface area contributed by atoms with E-state index in [1.807, 2.05) is 30.9 Å². The first-order chi connectivity index (χ1) is 8.39. The van der Waals surface area contributed by atoms with Crippen LogP contribution in [0.5, 0.6) is 0 Å². The first kappa shape index (κ1) is 13.3. The van der Waals surface area contributed by atoms with E-state index in [1.165, 1.54) is 0 Å². The predicted octanol–water partition coefficient (Wildman–Crippen LogP) is 0.725. The van der Waals surface area contributed by atoms with Crippen molar-refractivity contribution in [1.29, 1.82) is 0 Å². The molecule has 5 nitrogen and oxygen atoms in total. The third kappa shape index (κ3) is 2.81. The SMILES string of the molecule is CC1CS(=O)(=O)CCN1c1cc([C@@H](C)N)ccn1. The van der Waals surface area contributed by atoms with E-state index in [4.69, 9.17) is 5.73 Å². The molecule has 1 aromatic rings. The fraction of sp³-hybridized carbons (Fsp3) is 0.583. The van der Waals surface area contributed by atoms with Gasteiger partial charge >= 0.3 is 0 Å². The highest BCUT2D eigenvalue weighted by atomic mass is 32.2. The zero-order valence-corrected chi connectivity index (χ0v) is 11.5. The van der Waals surface area contributed by atoms with E-state index < -0.39 is 9.84 Å². The van der Waals surface area contributed by atoms with Gasteiger partial charge in [0.1, 0.15) is 5.82 Å². The Hall–Kier alpha value is -1.14. The first-order valence-corrected chi connectivity index (χ1v) is 7.90. The Morgan fingerprint density at radius 2 is 2.28 bits per heavy atom. The van der Waals surface area contributed by atoms with Crippen LogP contribution in [-0.2, 0) is 9.84 Å². The third-order valence-electron chi connectivity index (χ3n) is 3.26. The van der Waals surface area contributed by atoms with Crippen LogP contribution in [0, 0.1) is 0 Å². The average Bonchev–Trinajstić information content (AvgIpc) is 2.28. The Morgan fingerprint density at radius 3 is 2.89 bits per heavy atom. The third-order valence-corrected chi connectivity index (χ3v) is 5.05. The number of hydrogen-bond acceptors (Lipinski definition) is 5. The number of sulfone groups is 1. The number of nitrogens with two attached hydrogens (primary N) is 1. The Balaban J connectivity index is 2.24. The maximum absolute atomic E-state index is 11.5. The molecule has 0 spiro atoms. The van der Waals surface area contributed by atoms with Crippen LogP contribution in [0.3, 0.4) is 0 Å². The Kier molecular flexibility index (Phi) is 3.59. The van der Waals surface area contributed by atoms with E-state index in [2.05, 4.69) is 4.98 Å². The topological polar surface area (TPSA) is 76.3 Å². The number of aromatic nitrogens is 1. The van der Waals surface area contributed by atoms with Crippen molar-refractivity contribution in [3.05, 3.63) is 23.9 Å². The highest BCUT2D eigenvalue weighted by Crippen LogP contribution is 2.22. The standard InChI is InChI=1S/C12H19N3O2S/c1-9-8-18(16,17)6-5-15(9)12-7-11(10(2)13)3-4-14-12/h3-4,7,9-10H,5-6,8,13H2,1-2H3/t9?,10-/m1/s1. The molecular formula is C12H19N3O2S. The van der Waals surface area contributed by atoms with Gasteiger partial charge in [0.25, 0.3) is 0 Å². The fourth-order valence-corrected chi connectivity index (χ4v) is 3.77. The zero-order valence-electron chi connectivity index (χ0n) is 10.7. The van der Waals surface area contributed by atoms with Gasteiger partial charge in [-0.15, -0.1) is 0 Å². The predicted molar refractivity (Wildman–Crippen MR) is 72.3 cm³/mol. The second-order valence-electron chi connectivity index (χ2n) is 4.89. The lowest BCUT2D eigenvalue weighted by Gasteiger charge is -2.34. The number of nitrogens with zero attached hydrogens (tertiary/aromatic N) is 2. The maximum atomic E-state index is 11.5. The highest BCUT2D eigenvalue weighted by molar-refractivity contribution is 7.91. The molecule has 100 valence electrons. The van der Waals surface area contributed by atoms with Crippen molar-refractivity contribution in [2.75, 3.05) is 23.0 Å². The minimum atomic E-state index is -2.89. The first-order valence-electron chi connectivity index (χ1n) is 6.07. The number of rotatable bonds is 2. The van der Waals surface area contributed by atoms with Crippen molar-refractivity contribution < 1.29 is 8.42 Å². The summed E-state index contributed by atoms with van der Waals surface area (Å²) in [6.07, 6.45) is 1.73. The zero-order chi connectivity index (χ0) is 13.3. The molecule has 1 aromatic heterocycles. The van der Waals surface area contributed by atoms with Crippen molar-refractivity contribution in [2.24, 2.45) is 5.73 Å². The molecule has 2 heterocycles. The van der Waals surface area contributed by atoms with Gasteiger partial charge in [-0.05, 0) is 31.5 Å². The van der Waals surface area contributed by atoms with Crippen molar-refractivity contribution in [1.82, 2.24) is 4.98 Å². The van der Waals surface area contributed by atoms with Gasteiger partial charge in [0.15, 0.2) is 9.84 Å². The van der Waals surface area contributed by atoms with Crippen molar-refractivity contribution >= 4 is 15.7 Å². The van der Waals surface area contributed by atoms with Crippen molar-refractivity contribution in [3.8, 4) is 0 Å². The minimum Gasteiger partial charge on any atom is -0.352 e. The number of anilines is 1. The fourth-order valence-electron chi connectivity index (χ4n) is 2.21. The molecule has 0 bridgehead atoms. The van der Waals surface area contributed by atoms with Gasteiger partial charge in [-0.25, -0.2) is 13.4 Å². The number of hydrogen-bond donors (Lipinski definition) is 1. The van der Waals surface area contributed by atoms with Gasteiger partial charge in [0, 0.05) is 24.8 Å². The average molecular weight is 269 g/mol. The lowest BCUT2D eigenvalue weighted by Crippen LogP contribution is -2.47. The summed E-state index contributed by atoms with van der Waals surface area (Å²) in [6, 6.07) is 3.74. The van der Waals surface area contributed by atoms with Gasteiger partial charge < -0.3 is 10.6 Å². The second kappa shape index (κ2) is 4.85. The summed E-state index contributed by atoms with van der Waals surface area (Å²) in [6.45, 7) is 4.33. The van der Waals surface area contributed by atoms with Crippen LogP contribution in [0.15, 0.2) is 18.3 Å². The van der Waals surface area contributed by atoms with Crippen LogP contribution >= 0.6 is 0 Å². The smallest absolute Gasteiger partial charge is 0.154 e. The molecule has 1 unspecified atom stereocenters. The maximum Gasteiger partial charge on any atom is 0.154 e. The molecular weight excluding hydrogens is 250 g/mol. The lowest BCUT2D eigenvalue weighted by molar-refractivity contribution is 0.566. The molecule has 0 amide bonds. The van der Waals surface area contributed by atoms with E-state index in [0.717, 1.165) is 11.4 Å². The van der Waals surface area contributed by atoms with E-state index in [0.29, 0.717) is 6.54 Å². The molecule has 0 aromatic carbocycles. The lowest BCUT2D eigenvalue weighted by atomic mass is 10.1. The minimum absolute atomic E-state index is 0.0421. The molecule has 18 heavy (non-hydrogen) atoms. The van der Waals surface area contributed by atoms with Crippen molar-refractivity contribution in [2.45, 2.75) is 25.9 Å². The van der Waals surface area contributed by atoms with E-state index >= 15 is 0 Å². The molecule has 2 N–H and O–H groups in total. The molecule has 0 radical (unpaired) electrons. The van der Waals surface area contributed by atoms with E-state index in [1.54, 1.807) is 6.20 Å². The van der Waals surface area contributed by atoms with E-state index in [9.17, 15) is 8.42 Å². The van der Waals surface area contributed by atoms with Crippen LogP contribution in [0.1, 0.15) is 25.5 Å². The summed E-state index contributed by atoms with van der Waals surface area (Å²) in [5, 5.41) is 0. The summed E-state index contributed by atoms with van der Waals surface area (Å²) >= 11 is 0. The molecule has 0 saturated carbocycles. The molecule has 1 aliphatic rings. The van der Waals surface area contributed by atoms with Gasteiger partial charge in [0.2, 0.25) is 0 Å². The molecule has 2 rings (SSSR count). The largest absolute Gasteiger partial charge is 0.352 e. The molecule has 6 heteroatoms. The van der Waals surface area contributed by atoms with Gasteiger partial charge in [-0.3, -0.25) is 0 Å². The second-order valence-corrected chi connectivity index (χ2v) is 7.12. The quantitative estimate of drug-likeness (QED) is 0.856. The Morgan fingerprint density at radius 1 is 1.56 bits per heavy atom. The van der Waals surface area contributed by atoms with Crippen LogP contribution in [-0.4, -0.2) is 37.5 Å². The molecule has 1 fully saturated rings. The van der Waals surface area contributed by atoms with E-state index in [-0.39, 0.29) is 23.6 Å². The molecule has 2 atom stereocenters. The summed E-state index contributed by atoms with van der Waals surface area (Å²) in [7, 11) is -2.89. The Bertz CT molecular complexity index is 528. The molecule has 0 aliphatic carbocycles. The van der Waals surface area contributed by atoms with Crippen molar-refractivity contribution in [3.63, 3.8) is 0 Å².